The molecule has 58 valence electrons. The second-order valence-corrected chi connectivity index (χ2v) is 2.85. The lowest BCUT2D eigenvalue weighted by atomic mass is 10.1. The van der Waals surface area contributed by atoms with Gasteiger partial charge in [0.1, 0.15) is 5.88 Å². The summed E-state index contributed by atoms with van der Waals surface area (Å²) >= 11 is 5.48. The third kappa shape index (κ3) is 1.30. The van der Waals surface area contributed by atoms with Gasteiger partial charge >= 0.3 is 0 Å². The Balaban J connectivity index is 2.67. The highest BCUT2D eigenvalue weighted by Crippen LogP contribution is 2.17. The average Bonchev–Trinajstić information content (AvgIpc) is 2.17. The molecule has 0 aliphatic rings. The van der Waals surface area contributed by atoms with Crippen LogP contribution in [0.4, 0.5) is 0 Å². The highest BCUT2D eigenvalue weighted by atomic mass is 35.5. The van der Waals surface area contributed by atoms with Gasteiger partial charge in [-0.05, 0) is 22.4 Å². The summed E-state index contributed by atoms with van der Waals surface area (Å²) in [6.07, 6.45) is 0. The van der Waals surface area contributed by atoms with Gasteiger partial charge in [-0.2, -0.15) is 0 Å². The summed E-state index contributed by atoms with van der Waals surface area (Å²) in [6.45, 7) is 0. The molecular weight excluding hydrogens is 168 g/mol. The van der Waals surface area contributed by atoms with Crippen molar-refractivity contribution in [3.8, 4) is 0 Å². The number of rotatable bonds is 1. The van der Waals surface area contributed by atoms with E-state index in [2.05, 4.69) is 18.0 Å². The fourth-order valence-corrected chi connectivity index (χ4v) is 1.37. The van der Waals surface area contributed by atoms with Gasteiger partial charge in [-0.1, -0.05) is 36.4 Å². The van der Waals surface area contributed by atoms with Crippen LogP contribution in [0.3, 0.4) is 0 Å². The fourth-order valence-electron chi connectivity index (χ4n) is 1.25. The lowest BCUT2D eigenvalue weighted by Gasteiger charge is -1.98. The molecule has 0 fully saturated rings. The Morgan fingerprint density at radius 3 is 2.42 bits per heavy atom. The van der Waals surface area contributed by atoms with Gasteiger partial charge in [-0.25, -0.2) is 0 Å². The smallest absolute Gasteiger partial charge is 0.109 e. The van der Waals surface area contributed by atoms with Crippen molar-refractivity contribution in [2.24, 2.45) is 0 Å². The molecule has 0 heterocycles. The molecule has 0 atom stereocenters. The van der Waals surface area contributed by atoms with Crippen molar-refractivity contribution in [2.45, 2.75) is 0 Å². The van der Waals surface area contributed by atoms with Crippen molar-refractivity contribution in [1.82, 2.24) is 0 Å². The molecule has 0 aliphatic heterocycles. The Morgan fingerprint density at radius 1 is 0.917 bits per heavy atom. The first-order valence-electron chi connectivity index (χ1n) is 3.75. The molecule has 0 saturated heterocycles. The maximum Gasteiger partial charge on any atom is 0.120 e. The summed E-state index contributed by atoms with van der Waals surface area (Å²) in [5.74, 6) is 2.59. The van der Waals surface area contributed by atoms with Crippen molar-refractivity contribution in [3.63, 3.8) is 0 Å². The van der Waals surface area contributed by atoms with Crippen molar-refractivity contribution in [1.29, 1.82) is 0 Å². The molecule has 0 amide bonds. The fraction of sp³-hybridized carbons (Fsp3) is 0. The summed E-state index contributed by atoms with van der Waals surface area (Å²) < 4.78 is 0. The van der Waals surface area contributed by atoms with Gasteiger partial charge in [0.25, 0.3) is 0 Å². The van der Waals surface area contributed by atoms with E-state index in [0.717, 1.165) is 5.56 Å². The molecule has 0 aliphatic carbocycles. The van der Waals surface area contributed by atoms with Gasteiger partial charge < -0.3 is 0 Å². The van der Waals surface area contributed by atoms with E-state index in [1.807, 2.05) is 30.3 Å². The maximum atomic E-state index is 5.48. The summed E-state index contributed by atoms with van der Waals surface area (Å²) in [5.41, 5.74) is 0.926. The number of hydrogen-bond donors (Lipinski definition) is 0. The van der Waals surface area contributed by atoms with Crippen LogP contribution in [-0.4, -0.2) is 0 Å². The first-order chi connectivity index (χ1) is 5.90. The molecule has 2 aromatic rings. The topological polar surface area (TPSA) is 0 Å². The van der Waals surface area contributed by atoms with Crippen LogP contribution in [-0.2, 0) is 0 Å². The minimum absolute atomic E-state index is 0.926. The lowest BCUT2D eigenvalue weighted by molar-refractivity contribution is 1.63. The van der Waals surface area contributed by atoms with Gasteiger partial charge in [0.2, 0.25) is 0 Å². The third-order valence-electron chi connectivity index (χ3n) is 1.86. The number of halogens is 1. The first-order valence-corrected chi connectivity index (χ1v) is 4.13. The molecular formula is C11H7Cl. The summed E-state index contributed by atoms with van der Waals surface area (Å²) in [6, 6.07) is 14.2. The second-order valence-electron chi connectivity index (χ2n) is 2.66. The predicted molar refractivity (Wildman–Crippen MR) is 52.1 cm³/mol. The van der Waals surface area contributed by atoms with Crippen LogP contribution in [0.1, 0.15) is 5.56 Å². The zero-order chi connectivity index (χ0) is 8.39. The van der Waals surface area contributed by atoms with Crippen LogP contribution < -0.4 is 0 Å². The Kier molecular flexibility index (Phi) is 2.01. The third-order valence-corrected chi connectivity index (χ3v) is 2.08. The quantitative estimate of drug-likeness (QED) is 0.621. The Bertz CT molecular complexity index is 393. The van der Waals surface area contributed by atoms with Gasteiger partial charge in [0.05, 0.1) is 0 Å². The van der Waals surface area contributed by atoms with E-state index in [1.165, 1.54) is 10.8 Å². The Morgan fingerprint density at radius 2 is 1.67 bits per heavy atom. The molecule has 0 spiro atoms. The number of benzene rings is 2. The highest BCUT2D eigenvalue weighted by molar-refractivity contribution is 6.25. The molecule has 0 N–H and O–H groups in total. The monoisotopic (exact) mass is 174 g/mol. The second kappa shape index (κ2) is 3.16. The number of fused-ring (bicyclic) bond motifs is 1. The zero-order valence-electron chi connectivity index (χ0n) is 6.42. The van der Waals surface area contributed by atoms with E-state index in [0.29, 0.717) is 0 Å². The van der Waals surface area contributed by atoms with Crippen LogP contribution >= 0.6 is 11.6 Å². The largest absolute Gasteiger partial charge is 0.120 e. The van der Waals surface area contributed by atoms with Crippen molar-refractivity contribution in [3.05, 3.63) is 53.9 Å². The van der Waals surface area contributed by atoms with Gasteiger partial charge in [0, 0.05) is 0 Å². The van der Waals surface area contributed by atoms with Crippen LogP contribution in [0.15, 0.2) is 42.5 Å². The molecule has 2 aromatic carbocycles. The molecule has 0 unspecified atom stereocenters. The van der Waals surface area contributed by atoms with Gasteiger partial charge in [-0.3, -0.25) is 0 Å². The maximum absolute atomic E-state index is 5.48. The molecule has 0 bridgehead atoms. The summed E-state index contributed by atoms with van der Waals surface area (Å²) in [4.78, 5) is 0. The molecule has 1 heteroatoms. The predicted octanol–water partition coefficient (Wildman–Crippen LogP) is 3.47. The van der Waals surface area contributed by atoms with Crippen LogP contribution in [0.25, 0.3) is 10.8 Å². The molecule has 12 heavy (non-hydrogen) atoms. The van der Waals surface area contributed by atoms with Gasteiger partial charge in [-0.15, -0.1) is 11.6 Å². The van der Waals surface area contributed by atoms with Crippen molar-refractivity contribution in [2.75, 3.05) is 0 Å². The molecule has 0 aromatic heterocycles. The zero-order valence-corrected chi connectivity index (χ0v) is 7.18. The first kappa shape index (κ1) is 7.63. The normalized spacial score (nSPS) is 10.4. The minimum Gasteiger partial charge on any atom is -0.109 e. The molecule has 0 nitrogen and oxygen atoms in total. The minimum atomic E-state index is 0.926. The SMILES string of the molecule is Cl[C]c1ccc2ccccc2c1. The van der Waals surface area contributed by atoms with E-state index >= 15 is 0 Å². The Labute approximate surface area is 76.8 Å². The van der Waals surface area contributed by atoms with E-state index < -0.39 is 0 Å². The Hall–Kier alpha value is -1.01. The van der Waals surface area contributed by atoms with E-state index in [9.17, 15) is 0 Å². The summed E-state index contributed by atoms with van der Waals surface area (Å²) in [5, 5.41) is 2.43. The van der Waals surface area contributed by atoms with E-state index in [4.69, 9.17) is 11.6 Å². The van der Waals surface area contributed by atoms with E-state index in [1.54, 1.807) is 0 Å². The molecule has 2 radical (unpaired) electrons. The number of hydrogen-bond acceptors (Lipinski definition) is 0. The summed E-state index contributed by atoms with van der Waals surface area (Å²) in [7, 11) is 0. The molecule has 2 rings (SSSR count). The van der Waals surface area contributed by atoms with Crippen molar-refractivity contribution < 1.29 is 0 Å². The van der Waals surface area contributed by atoms with Gasteiger partial charge in [0.15, 0.2) is 0 Å². The van der Waals surface area contributed by atoms with E-state index in [-0.39, 0.29) is 0 Å². The van der Waals surface area contributed by atoms with Crippen molar-refractivity contribution >= 4 is 22.4 Å². The van der Waals surface area contributed by atoms with Crippen LogP contribution in [0.2, 0.25) is 0 Å². The van der Waals surface area contributed by atoms with Crippen LogP contribution in [0, 0.1) is 5.88 Å². The van der Waals surface area contributed by atoms with Crippen LogP contribution in [0.5, 0.6) is 0 Å². The lowest BCUT2D eigenvalue weighted by Crippen LogP contribution is -1.75. The average molecular weight is 175 g/mol. The standard InChI is InChI=1S/C11H7Cl/c12-8-9-5-6-10-3-1-2-4-11(10)7-9/h1-7H. The molecule has 0 saturated carbocycles. The highest BCUT2D eigenvalue weighted by Gasteiger charge is 1.93.